The van der Waals surface area contributed by atoms with E-state index in [1.54, 1.807) is 11.8 Å². The maximum Gasteiger partial charge on any atom is 0.308 e. The Bertz CT molecular complexity index is 508. The molecule has 0 saturated carbocycles. The normalized spacial score (nSPS) is 18.8. The molecular weight excluding hydrogens is 316 g/mol. The molecule has 0 radical (unpaired) electrons. The number of methoxy groups -OCH3 is 1. The van der Waals surface area contributed by atoms with Crippen LogP contribution in [0, 0.1) is 0 Å². The minimum absolute atomic E-state index is 0.143. The van der Waals surface area contributed by atoms with Gasteiger partial charge < -0.3 is 24.8 Å². The van der Waals surface area contributed by atoms with Gasteiger partial charge in [0.05, 0.1) is 20.2 Å². The first-order chi connectivity index (χ1) is 11.2. The second-order valence-electron chi connectivity index (χ2n) is 6.06. The van der Waals surface area contributed by atoms with E-state index in [-0.39, 0.29) is 19.0 Å². The molecule has 2 unspecified atom stereocenters. The van der Waals surface area contributed by atoms with Crippen LogP contribution in [0.5, 0.6) is 0 Å². The van der Waals surface area contributed by atoms with Crippen molar-refractivity contribution in [1.82, 2.24) is 20.0 Å². The summed E-state index contributed by atoms with van der Waals surface area (Å²) in [7, 11) is 5.01. The molecule has 0 bridgehead atoms. The van der Waals surface area contributed by atoms with Crippen molar-refractivity contribution in [3.63, 3.8) is 0 Å². The molecule has 1 rings (SSSR count). The topological polar surface area (TPSA) is 99.3 Å². The molecule has 9 heteroatoms. The van der Waals surface area contributed by atoms with Gasteiger partial charge in [0.25, 0.3) is 0 Å². The Labute approximate surface area is 141 Å². The van der Waals surface area contributed by atoms with Gasteiger partial charge in [-0.1, -0.05) is 0 Å². The van der Waals surface area contributed by atoms with E-state index in [1.807, 2.05) is 19.0 Å². The SMILES string of the molecule is COC(=O)CC(NC(C)=O)C(=O)N1CN(CCN(C)C)C(=O)C1C. The Balaban J connectivity index is 2.83. The van der Waals surface area contributed by atoms with Crippen LogP contribution in [-0.4, -0.2) is 91.4 Å². The van der Waals surface area contributed by atoms with Gasteiger partial charge in [-0.25, -0.2) is 0 Å². The van der Waals surface area contributed by atoms with Crippen LogP contribution in [0.2, 0.25) is 0 Å². The van der Waals surface area contributed by atoms with E-state index in [4.69, 9.17) is 0 Å². The van der Waals surface area contributed by atoms with E-state index in [0.29, 0.717) is 13.1 Å². The third-order valence-electron chi connectivity index (χ3n) is 3.83. The van der Waals surface area contributed by atoms with Crippen molar-refractivity contribution in [2.45, 2.75) is 32.4 Å². The molecule has 1 fully saturated rings. The Hall–Kier alpha value is -2.16. The number of nitrogens with zero attached hydrogens (tertiary/aromatic N) is 3. The molecule has 1 aliphatic rings. The maximum atomic E-state index is 12.7. The Morgan fingerprint density at radius 1 is 1.38 bits per heavy atom. The lowest BCUT2D eigenvalue weighted by Gasteiger charge is -2.25. The number of carbonyl (C=O) groups excluding carboxylic acids is 4. The van der Waals surface area contributed by atoms with Gasteiger partial charge in [-0.15, -0.1) is 0 Å². The maximum absolute atomic E-state index is 12.7. The fourth-order valence-electron chi connectivity index (χ4n) is 2.43. The predicted octanol–water partition coefficient (Wildman–Crippen LogP) is -1.37. The van der Waals surface area contributed by atoms with E-state index in [1.165, 1.54) is 18.9 Å². The Kier molecular flexibility index (Phi) is 7.15. The Morgan fingerprint density at radius 3 is 2.50 bits per heavy atom. The second kappa shape index (κ2) is 8.62. The van der Waals surface area contributed by atoms with Crippen molar-refractivity contribution in [3.8, 4) is 0 Å². The molecule has 1 saturated heterocycles. The molecule has 3 amide bonds. The van der Waals surface area contributed by atoms with Crippen LogP contribution >= 0.6 is 0 Å². The molecular formula is C15H26N4O5. The first kappa shape index (κ1) is 19.9. The van der Waals surface area contributed by atoms with Crippen molar-refractivity contribution in [1.29, 1.82) is 0 Å². The number of ether oxygens (including phenoxy) is 1. The minimum Gasteiger partial charge on any atom is -0.469 e. The number of hydrogen-bond acceptors (Lipinski definition) is 6. The summed E-state index contributed by atoms with van der Waals surface area (Å²) in [6.07, 6.45) is -0.274. The minimum atomic E-state index is -1.04. The summed E-state index contributed by atoms with van der Waals surface area (Å²) in [5.41, 5.74) is 0. The lowest BCUT2D eigenvalue weighted by molar-refractivity contribution is -0.146. The summed E-state index contributed by atoms with van der Waals surface area (Å²) in [4.78, 5) is 52.7. The quantitative estimate of drug-likeness (QED) is 0.573. The molecule has 0 aromatic heterocycles. The first-order valence-electron chi connectivity index (χ1n) is 7.75. The van der Waals surface area contributed by atoms with Crippen LogP contribution in [0.1, 0.15) is 20.3 Å². The van der Waals surface area contributed by atoms with Crippen LogP contribution in [0.3, 0.4) is 0 Å². The second-order valence-corrected chi connectivity index (χ2v) is 6.06. The van der Waals surface area contributed by atoms with Crippen LogP contribution < -0.4 is 5.32 Å². The molecule has 24 heavy (non-hydrogen) atoms. The van der Waals surface area contributed by atoms with E-state index in [2.05, 4.69) is 10.1 Å². The van der Waals surface area contributed by atoms with Crippen LogP contribution in [0.15, 0.2) is 0 Å². The van der Waals surface area contributed by atoms with Crippen LogP contribution in [0.4, 0.5) is 0 Å². The van der Waals surface area contributed by atoms with E-state index >= 15 is 0 Å². The molecule has 136 valence electrons. The molecule has 2 atom stereocenters. The van der Waals surface area contributed by atoms with Gasteiger partial charge >= 0.3 is 5.97 Å². The lowest BCUT2D eigenvalue weighted by Crippen LogP contribution is -2.50. The highest BCUT2D eigenvalue weighted by atomic mass is 16.5. The van der Waals surface area contributed by atoms with Crippen molar-refractivity contribution >= 4 is 23.7 Å². The highest BCUT2D eigenvalue weighted by Crippen LogP contribution is 2.17. The molecule has 0 aromatic carbocycles. The monoisotopic (exact) mass is 342 g/mol. The predicted molar refractivity (Wildman–Crippen MR) is 85.7 cm³/mol. The van der Waals surface area contributed by atoms with Gasteiger partial charge in [-0.2, -0.15) is 0 Å². The molecule has 0 spiro atoms. The summed E-state index contributed by atoms with van der Waals surface area (Å²) in [5.74, 6) is -1.65. The van der Waals surface area contributed by atoms with Gasteiger partial charge in [-0.3, -0.25) is 19.2 Å². The number of esters is 1. The molecule has 9 nitrogen and oxygen atoms in total. The number of amides is 3. The number of likely N-dealkylation sites (N-methyl/N-ethyl adjacent to an activating group) is 1. The summed E-state index contributed by atoms with van der Waals surface area (Å²) >= 11 is 0. The zero-order valence-corrected chi connectivity index (χ0v) is 14.9. The van der Waals surface area contributed by atoms with Crippen molar-refractivity contribution in [2.75, 3.05) is 41.0 Å². The van der Waals surface area contributed by atoms with Crippen molar-refractivity contribution in [3.05, 3.63) is 0 Å². The van der Waals surface area contributed by atoms with Gasteiger partial charge in [0, 0.05) is 20.0 Å². The molecule has 0 aliphatic carbocycles. The molecule has 0 aromatic rings. The lowest BCUT2D eigenvalue weighted by atomic mass is 10.1. The van der Waals surface area contributed by atoms with Crippen LogP contribution in [-0.2, 0) is 23.9 Å². The molecule has 1 N–H and O–H groups in total. The number of nitrogens with one attached hydrogen (secondary N) is 1. The van der Waals surface area contributed by atoms with Gasteiger partial charge in [0.2, 0.25) is 17.7 Å². The van der Waals surface area contributed by atoms with Crippen LogP contribution in [0.25, 0.3) is 0 Å². The average molecular weight is 342 g/mol. The van der Waals surface area contributed by atoms with Gasteiger partial charge in [0.1, 0.15) is 12.1 Å². The number of carbonyl (C=O) groups is 4. The smallest absolute Gasteiger partial charge is 0.308 e. The highest BCUT2D eigenvalue weighted by Gasteiger charge is 2.40. The summed E-state index contributed by atoms with van der Waals surface area (Å²) in [6.45, 7) is 4.22. The van der Waals surface area contributed by atoms with Gasteiger partial charge in [-0.05, 0) is 21.0 Å². The zero-order chi connectivity index (χ0) is 18.4. The fourth-order valence-corrected chi connectivity index (χ4v) is 2.43. The summed E-state index contributed by atoms with van der Waals surface area (Å²) in [5, 5.41) is 2.45. The largest absolute Gasteiger partial charge is 0.469 e. The number of hydrogen-bond donors (Lipinski definition) is 1. The van der Waals surface area contributed by atoms with E-state index in [0.717, 1.165) is 0 Å². The van der Waals surface area contributed by atoms with Crippen molar-refractivity contribution in [2.24, 2.45) is 0 Å². The summed E-state index contributed by atoms with van der Waals surface area (Å²) in [6, 6.07) is -1.67. The average Bonchev–Trinajstić information content (AvgIpc) is 2.79. The number of rotatable bonds is 7. The zero-order valence-electron chi connectivity index (χ0n) is 14.9. The third-order valence-corrected chi connectivity index (χ3v) is 3.83. The first-order valence-corrected chi connectivity index (χ1v) is 7.75. The highest BCUT2D eigenvalue weighted by molar-refractivity contribution is 5.95. The Morgan fingerprint density at radius 2 is 2.00 bits per heavy atom. The fraction of sp³-hybridized carbons (Fsp3) is 0.733. The molecule has 1 aliphatic heterocycles. The van der Waals surface area contributed by atoms with Crippen molar-refractivity contribution < 1.29 is 23.9 Å². The van der Waals surface area contributed by atoms with E-state index < -0.39 is 29.9 Å². The standard InChI is InChI=1S/C15H26N4O5/c1-10-14(22)18(7-6-17(3)4)9-19(10)15(23)12(16-11(2)20)8-13(21)24-5/h10,12H,6-9H2,1-5H3,(H,16,20). The van der Waals surface area contributed by atoms with Gasteiger partial charge in [0.15, 0.2) is 0 Å². The molecule has 1 heterocycles. The summed E-state index contributed by atoms with van der Waals surface area (Å²) < 4.78 is 4.57. The third kappa shape index (κ3) is 5.19. The van der Waals surface area contributed by atoms with E-state index in [9.17, 15) is 19.2 Å².